The Balaban J connectivity index is 4.35. The van der Waals surface area contributed by atoms with Crippen LogP contribution in [0.3, 0.4) is 0 Å². The van der Waals surface area contributed by atoms with Crippen LogP contribution >= 0.6 is 6.92 Å². The summed E-state index contributed by atoms with van der Waals surface area (Å²) in [5.41, 5.74) is 0. The van der Waals surface area contributed by atoms with Crippen molar-refractivity contribution in [3.63, 3.8) is 0 Å². The molecule has 0 saturated heterocycles. The molecule has 56 valence electrons. The monoisotopic (exact) mass is 166 g/mol. The van der Waals surface area contributed by atoms with E-state index >= 15 is 0 Å². The first kappa shape index (κ1) is 9.41. The number of rotatable bonds is 2. The Hall–Kier alpha value is 0.407. The van der Waals surface area contributed by atoms with Gasteiger partial charge < -0.3 is 4.52 Å². The zero-order valence-corrected chi connectivity index (χ0v) is 8.66. The molecule has 0 heterocycles. The molecule has 1 unspecified atom stereocenters. The third-order valence-electron chi connectivity index (χ3n) is 1.57. The predicted octanol–water partition coefficient (Wildman–Crippen LogP) is 2.38. The first-order valence-corrected chi connectivity index (χ1v) is 9.36. The normalized spacial score (nSPS) is 19.2. The Kier molecular flexibility index (Phi) is 2.68. The highest BCUT2D eigenvalue weighted by Gasteiger charge is 2.33. The van der Waals surface area contributed by atoms with Gasteiger partial charge in [-0.25, -0.2) is 0 Å². The van der Waals surface area contributed by atoms with E-state index in [0.717, 1.165) is 0 Å². The van der Waals surface area contributed by atoms with Crippen molar-refractivity contribution in [1.82, 2.24) is 0 Å². The van der Waals surface area contributed by atoms with Crippen LogP contribution in [0.1, 0.15) is 0 Å². The van der Waals surface area contributed by atoms with Gasteiger partial charge in [-0.2, -0.15) is 0 Å². The summed E-state index contributed by atoms with van der Waals surface area (Å²) in [6.07, 6.45) is 0. The third kappa shape index (κ3) is 2.24. The fourth-order valence-electron chi connectivity index (χ4n) is 0.274. The molecule has 0 fully saturated rings. The third-order valence-corrected chi connectivity index (χ3v) is 12.6. The Labute approximate surface area is 57.9 Å². The second-order valence-electron chi connectivity index (χ2n) is 3.20. The molecule has 0 N–H and O–H groups in total. The standard InChI is InChI=1S/C5H15O2PSi/c1-7-8(2,6)9(3,4)5/h1-5H3. The summed E-state index contributed by atoms with van der Waals surface area (Å²) in [7, 11) is -0.0247. The number of hydrogen-bond acceptors (Lipinski definition) is 2. The molecule has 0 saturated carbocycles. The highest BCUT2D eigenvalue weighted by atomic mass is 31.4. The van der Waals surface area contributed by atoms with Crippen LogP contribution in [-0.4, -0.2) is 21.5 Å². The Morgan fingerprint density at radius 1 is 1.33 bits per heavy atom. The van der Waals surface area contributed by atoms with E-state index in [-0.39, 0.29) is 0 Å². The Morgan fingerprint density at radius 3 is 1.67 bits per heavy atom. The topological polar surface area (TPSA) is 26.3 Å². The van der Waals surface area contributed by atoms with Crippen LogP contribution < -0.4 is 0 Å². The zero-order valence-electron chi connectivity index (χ0n) is 6.76. The summed E-state index contributed by atoms with van der Waals surface area (Å²) in [5.74, 6) is 0. The lowest BCUT2D eigenvalue weighted by Gasteiger charge is -2.23. The van der Waals surface area contributed by atoms with Gasteiger partial charge in [-0.1, -0.05) is 19.6 Å². The quantitative estimate of drug-likeness (QED) is 0.465. The molecule has 0 amide bonds. The largest absolute Gasteiger partial charge is 0.336 e. The van der Waals surface area contributed by atoms with Crippen LogP contribution in [0, 0.1) is 0 Å². The minimum Gasteiger partial charge on any atom is -0.336 e. The molecule has 4 heteroatoms. The molecule has 0 spiro atoms. The van der Waals surface area contributed by atoms with Crippen LogP contribution in [0.2, 0.25) is 19.6 Å². The van der Waals surface area contributed by atoms with Crippen LogP contribution in [-0.2, 0) is 9.09 Å². The maximum atomic E-state index is 11.4. The van der Waals surface area contributed by atoms with Crippen molar-refractivity contribution < 1.29 is 9.09 Å². The smallest absolute Gasteiger partial charge is 0.174 e. The summed E-state index contributed by atoms with van der Waals surface area (Å²) in [5, 5.41) is 0. The van der Waals surface area contributed by atoms with Gasteiger partial charge in [0.25, 0.3) is 0 Å². The maximum Gasteiger partial charge on any atom is 0.174 e. The van der Waals surface area contributed by atoms with Crippen molar-refractivity contribution in [3.8, 4) is 0 Å². The molecular formula is C5H15O2PSi. The van der Waals surface area contributed by atoms with E-state index in [1.807, 2.05) is 0 Å². The Morgan fingerprint density at radius 2 is 1.67 bits per heavy atom. The average Bonchev–Trinajstić information content (AvgIpc) is 1.64. The van der Waals surface area contributed by atoms with Crippen molar-refractivity contribution >= 4 is 14.7 Å². The summed E-state index contributed by atoms with van der Waals surface area (Å²) >= 11 is 0. The SMILES string of the molecule is COP(C)(=O)[Si](C)(C)C. The van der Waals surface area contributed by atoms with Crippen molar-refractivity contribution in [2.45, 2.75) is 19.6 Å². The number of hydrogen-bond donors (Lipinski definition) is 0. The molecular weight excluding hydrogens is 151 g/mol. The summed E-state index contributed by atoms with van der Waals surface area (Å²) in [4.78, 5) is 0. The predicted molar refractivity (Wildman–Crippen MR) is 43.9 cm³/mol. The molecule has 0 rings (SSSR count). The molecule has 0 aliphatic carbocycles. The van der Waals surface area contributed by atoms with Gasteiger partial charge in [-0.3, -0.25) is 4.57 Å². The first-order chi connectivity index (χ1) is 3.81. The minimum atomic E-state index is -2.22. The van der Waals surface area contributed by atoms with Crippen molar-refractivity contribution in [1.29, 1.82) is 0 Å². The van der Waals surface area contributed by atoms with Gasteiger partial charge in [0, 0.05) is 13.8 Å². The van der Waals surface area contributed by atoms with Gasteiger partial charge in [0.1, 0.15) is 7.74 Å². The average molecular weight is 166 g/mol. The van der Waals surface area contributed by atoms with Gasteiger partial charge in [0.2, 0.25) is 0 Å². The summed E-state index contributed by atoms with van der Waals surface area (Å²) in [6.45, 7) is 5.66. The molecule has 1 atom stereocenters. The molecule has 0 radical (unpaired) electrons. The maximum absolute atomic E-state index is 11.4. The van der Waals surface area contributed by atoms with Crippen molar-refractivity contribution in [2.75, 3.05) is 13.8 Å². The van der Waals surface area contributed by atoms with Crippen molar-refractivity contribution in [3.05, 3.63) is 0 Å². The van der Waals surface area contributed by atoms with Gasteiger partial charge in [0.15, 0.2) is 6.92 Å². The van der Waals surface area contributed by atoms with E-state index < -0.39 is 14.7 Å². The second-order valence-corrected chi connectivity index (χ2v) is 16.1. The minimum absolute atomic E-state index is 1.53. The fourth-order valence-corrected chi connectivity index (χ4v) is 2.46. The lowest BCUT2D eigenvalue weighted by Crippen LogP contribution is -2.20. The van der Waals surface area contributed by atoms with Crippen LogP contribution in [0.15, 0.2) is 0 Å². The van der Waals surface area contributed by atoms with Gasteiger partial charge in [-0.15, -0.1) is 0 Å². The molecule has 0 aliphatic rings. The molecule has 0 aromatic carbocycles. The van der Waals surface area contributed by atoms with Crippen LogP contribution in [0.4, 0.5) is 0 Å². The first-order valence-electron chi connectivity index (χ1n) is 2.94. The molecule has 2 nitrogen and oxygen atoms in total. The van der Waals surface area contributed by atoms with E-state index in [1.54, 1.807) is 6.66 Å². The lowest BCUT2D eigenvalue weighted by molar-refractivity contribution is 0.411. The molecule has 0 aliphatic heterocycles. The summed E-state index contributed by atoms with van der Waals surface area (Å²) in [6, 6.07) is 0. The molecule has 9 heavy (non-hydrogen) atoms. The van der Waals surface area contributed by atoms with E-state index in [0.29, 0.717) is 0 Å². The molecule has 0 aromatic heterocycles. The van der Waals surface area contributed by atoms with Gasteiger partial charge >= 0.3 is 0 Å². The van der Waals surface area contributed by atoms with Crippen LogP contribution in [0.5, 0.6) is 0 Å². The van der Waals surface area contributed by atoms with E-state index in [4.69, 9.17) is 4.52 Å². The van der Waals surface area contributed by atoms with Gasteiger partial charge in [0.05, 0.1) is 0 Å². The second kappa shape index (κ2) is 2.57. The highest BCUT2D eigenvalue weighted by Crippen LogP contribution is 2.51. The highest BCUT2D eigenvalue weighted by molar-refractivity contribution is 7.95. The van der Waals surface area contributed by atoms with E-state index in [2.05, 4.69) is 19.6 Å². The lowest BCUT2D eigenvalue weighted by atomic mass is 11.8. The van der Waals surface area contributed by atoms with Gasteiger partial charge in [-0.05, 0) is 0 Å². The van der Waals surface area contributed by atoms with Crippen molar-refractivity contribution in [2.24, 2.45) is 0 Å². The summed E-state index contributed by atoms with van der Waals surface area (Å²) < 4.78 is 16.4. The molecule has 0 aromatic rings. The Bertz CT molecular complexity index is 138. The van der Waals surface area contributed by atoms with Crippen LogP contribution in [0.25, 0.3) is 0 Å². The molecule has 0 bridgehead atoms. The zero-order chi connectivity index (χ0) is 7.71. The van der Waals surface area contributed by atoms with E-state index in [1.165, 1.54) is 7.11 Å². The fraction of sp³-hybridized carbons (Fsp3) is 1.00. The van der Waals surface area contributed by atoms with E-state index in [9.17, 15) is 4.57 Å².